The first-order valence-electron chi connectivity index (χ1n) is 5.97. The first kappa shape index (κ1) is 15.2. The number of nitrogen functional groups attached to an aromatic ring is 1. The number of carbonyl (C=O) groups is 1. The highest BCUT2D eigenvalue weighted by atomic mass is 35.5. The number of anilines is 1. The Bertz CT molecular complexity index is 844. The molecule has 0 spiro atoms. The number of halogens is 4. The average molecular weight is 347 g/mol. The Hall–Kier alpha value is -2.68. The molecular formula is C13H6ClF3N2O4. The Morgan fingerprint density at radius 1 is 1.35 bits per heavy atom. The van der Waals surface area contributed by atoms with Crippen LogP contribution in [0.15, 0.2) is 18.2 Å². The monoisotopic (exact) mass is 346 g/mol. The number of carboxylic acids is 1. The predicted molar refractivity (Wildman–Crippen MR) is 72.2 cm³/mol. The number of fused-ring (bicyclic) bond motifs is 1. The van der Waals surface area contributed by atoms with E-state index in [9.17, 15) is 18.0 Å². The topological polar surface area (TPSA) is 94.7 Å². The van der Waals surface area contributed by atoms with E-state index in [1.807, 2.05) is 0 Å². The molecule has 120 valence electrons. The molecule has 0 atom stereocenters. The van der Waals surface area contributed by atoms with Crippen molar-refractivity contribution in [2.75, 3.05) is 5.73 Å². The first-order chi connectivity index (χ1) is 10.7. The summed E-state index contributed by atoms with van der Waals surface area (Å²) in [5.74, 6) is -3.52. The van der Waals surface area contributed by atoms with Crippen molar-refractivity contribution in [2.45, 2.75) is 6.29 Å². The van der Waals surface area contributed by atoms with Crippen molar-refractivity contribution in [1.82, 2.24) is 4.98 Å². The summed E-state index contributed by atoms with van der Waals surface area (Å²) in [5, 5.41) is 8.68. The SMILES string of the molecule is Nc1cc(-c2c(F)ccc3c2OC(F)(F)O3)nc(C(=O)O)c1Cl. The van der Waals surface area contributed by atoms with Gasteiger partial charge in [0.25, 0.3) is 0 Å². The fourth-order valence-electron chi connectivity index (χ4n) is 2.05. The molecule has 6 nitrogen and oxygen atoms in total. The van der Waals surface area contributed by atoms with Gasteiger partial charge in [0, 0.05) is 0 Å². The highest BCUT2D eigenvalue weighted by molar-refractivity contribution is 6.35. The summed E-state index contributed by atoms with van der Waals surface area (Å²) in [6.07, 6.45) is -3.97. The second-order valence-electron chi connectivity index (χ2n) is 4.48. The standard InChI is InChI=1S/C13H6ClF3N2O4/c14-9-5(18)3-6(19-10(9)12(20)21)8-4(15)1-2-7-11(8)23-13(16,17)22-7/h1-3H,(H2,18,19)(H,20,21). The summed E-state index contributed by atoms with van der Waals surface area (Å²) in [4.78, 5) is 14.8. The van der Waals surface area contributed by atoms with Gasteiger partial charge in [-0.2, -0.15) is 0 Å². The molecule has 1 aromatic carbocycles. The number of hydrogen-bond donors (Lipinski definition) is 2. The number of nitrogens with two attached hydrogens (primary N) is 1. The average Bonchev–Trinajstić information content (AvgIpc) is 2.75. The molecule has 3 N–H and O–H groups in total. The fraction of sp³-hybridized carbons (Fsp3) is 0.0769. The number of pyridine rings is 1. The van der Waals surface area contributed by atoms with Crippen LogP contribution >= 0.6 is 11.6 Å². The number of nitrogens with zero attached hydrogens (tertiary/aromatic N) is 1. The van der Waals surface area contributed by atoms with Crippen LogP contribution in [-0.4, -0.2) is 22.4 Å². The summed E-state index contributed by atoms with van der Waals surface area (Å²) >= 11 is 5.71. The van der Waals surface area contributed by atoms with Crippen molar-refractivity contribution < 1.29 is 32.5 Å². The van der Waals surface area contributed by atoms with Gasteiger partial charge in [0.2, 0.25) is 0 Å². The van der Waals surface area contributed by atoms with Crippen LogP contribution in [0, 0.1) is 5.82 Å². The minimum atomic E-state index is -3.97. The molecule has 0 unspecified atom stereocenters. The molecule has 2 heterocycles. The Morgan fingerprint density at radius 3 is 2.70 bits per heavy atom. The van der Waals surface area contributed by atoms with Crippen LogP contribution in [0.25, 0.3) is 11.3 Å². The molecule has 3 rings (SSSR count). The molecule has 0 saturated carbocycles. The van der Waals surface area contributed by atoms with Crippen molar-refractivity contribution in [1.29, 1.82) is 0 Å². The second kappa shape index (κ2) is 4.92. The minimum absolute atomic E-state index is 0.211. The van der Waals surface area contributed by atoms with E-state index in [1.54, 1.807) is 0 Å². The number of rotatable bonds is 2. The summed E-state index contributed by atoms with van der Waals surface area (Å²) in [5.41, 5.74) is 3.86. The summed E-state index contributed by atoms with van der Waals surface area (Å²) in [7, 11) is 0. The molecule has 2 aromatic rings. The molecule has 0 saturated heterocycles. The highest BCUT2D eigenvalue weighted by Gasteiger charge is 2.45. The Labute approximate surface area is 131 Å². The van der Waals surface area contributed by atoms with Crippen LogP contribution in [0.3, 0.4) is 0 Å². The summed E-state index contributed by atoms with van der Waals surface area (Å²) in [6, 6.07) is 2.85. The van der Waals surface area contributed by atoms with Crippen molar-refractivity contribution >= 4 is 23.3 Å². The van der Waals surface area contributed by atoms with Crippen molar-refractivity contribution in [2.24, 2.45) is 0 Å². The van der Waals surface area contributed by atoms with Gasteiger partial charge in [0.15, 0.2) is 17.2 Å². The number of benzene rings is 1. The van der Waals surface area contributed by atoms with Gasteiger partial charge in [-0.1, -0.05) is 11.6 Å². The van der Waals surface area contributed by atoms with Gasteiger partial charge in [-0.3, -0.25) is 0 Å². The maximum absolute atomic E-state index is 14.1. The van der Waals surface area contributed by atoms with E-state index in [4.69, 9.17) is 22.4 Å². The van der Waals surface area contributed by atoms with Gasteiger partial charge in [0.1, 0.15) is 5.82 Å². The number of carboxylic acid groups (broad SMARTS) is 1. The van der Waals surface area contributed by atoms with Crippen LogP contribution in [0.4, 0.5) is 18.9 Å². The lowest BCUT2D eigenvalue weighted by atomic mass is 10.1. The van der Waals surface area contributed by atoms with Gasteiger partial charge >= 0.3 is 12.3 Å². The number of aromatic carboxylic acids is 1. The van der Waals surface area contributed by atoms with Gasteiger partial charge < -0.3 is 20.3 Å². The van der Waals surface area contributed by atoms with Gasteiger partial charge in [-0.05, 0) is 18.2 Å². The van der Waals surface area contributed by atoms with Gasteiger partial charge in [-0.25, -0.2) is 14.2 Å². The van der Waals surface area contributed by atoms with E-state index < -0.39 is 40.8 Å². The third kappa shape index (κ3) is 2.48. The van der Waals surface area contributed by atoms with E-state index in [2.05, 4.69) is 14.5 Å². The van der Waals surface area contributed by atoms with Crippen LogP contribution in [0.2, 0.25) is 5.02 Å². The Balaban J connectivity index is 2.26. The maximum atomic E-state index is 14.1. The zero-order valence-corrected chi connectivity index (χ0v) is 11.7. The predicted octanol–water partition coefficient (Wildman–Crippen LogP) is 3.14. The highest BCUT2D eigenvalue weighted by Crippen LogP contribution is 2.48. The Morgan fingerprint density at radius 2 is 2.04 bits per heavy atom. The quantitative estimate of drug-likeness (QED) is 0.867. The molecule has 10 heteroatoms. The number of hydrogen-bond acceptors (Lipinski definition) is 5. The first-order valence-corrected chi connectivity index (χ1v) is 6.35. The lowest BCUT2D eigenvalue weighted by Crippen LogP contribution is -2.26. The summed E-state index contributed by atoms with van der Waals surface area (Å²) < 4.78 is 49.0. The van der Waals surface area contributed by atoms with Crippen molar-refractivity contribution in [3.8, 4) is 22.8 Å². The van der Waals surface area contributed by atoms with E-state index in [0.717, 1.165) is 18.2 Å². The van der Waals surface area contributed by atoms with Crippen LogP contribution < -0.4 is 15.2 Å². The lowest BCUT2D eigenvalue weighted by Gasteiger charge is -2.10. The molecule has 1 aliphatic heterocycles. The fourth-order valence-corrected chi connectivity index (χ4v) is 2.22. The van der Waals surface area contributed by atoms with Crippen LogP contribution in [-0.2, 0) is 0 Å². The van der Waals surface area contributed by atoms with Gasteiger partial charge in [-0.15, -0.1) is 8.78 Å². The molecule has 0 amide bonds. The normalized spacial score (nSPS) is 14.8. The minimum Gasteiger partial charge on any atom is -0.476 e. The number of ether oxygens (including phenoxy) is 2. The van der Waals surface area contributed by atoms with E-state index in [-0.39, 0.29) is 16.4 Å². The number of alkyl halides is 2. The molecule has 0 bridgehead atoms. The van der Waals surface area contributed by atoms with E-state index >= 15 is 0 Å². The molecule has 0 fully saturated rings. The Kier molecular flexibility index (Phi) is 3.25. The maximum Gasteiger partial charge on any atom is 0.586 e. The van der Waals surface area contributed by atoms with Gasteiger partial charge in [0.05, 0.1) is 22.0 Å². The molecule has 1 aliphatic rings. The van der Waals surface area contributed by atoms with Crippen LogP contribution in [0.5, 0.6) is 11.5 Å². The number of aromatic nitrogens is 1. The van der Waals surface area contributed by atoms with E-state index in [0.29, 0.717) is 0 Å². The largest absolute Gasteiger partial charge is 0.586 e. The summed E-state index contributed by atoms with van der Waals surface area (Å²) in [6.45, 7) is 0. The van der Waals surface area contributed by atoms with Crippen LogP contribution in [0.1, 0.15) is 10.5 Å². The molecule has 0 aliphatic carbocycles. The van der Waals surface area contributed by atoms with Crippen molar-refractivity contribution in [3.63, 3.8) is 0 Å². The second-order valence-corrected chi connectivity index (χ2v) is 4.86. The molecule has 23 heavy (non-hydrogen) atoms. The third-order valence-corrected chi connectivity index (χ3v) is 3.36. The van der Waals surface area contributed by atoms with E-state index in [1.165, 1.54) is 0 Å². The molecular weight excluding hydrogens is 341 g/mol. The smallest absolute Gasteiger partial charge is 0.476 e. The zero-order chi connectivity index (χ0) is 16.9. The zero-order valence-electron chi connectivity index (χ0n) is 10.9. The lowest BCUT2D eigenvalue weighted by molar-refractivity contribution is -0.286. The van der Waals surface area contributed by atoms with Crippen molar-refractivity contribution in [3.05, 3.63) is 34.7 Å². The third-order valence-electron chi connectivity index (χ3n) is 2.96. The molecule has 0 radical (unpaired) electrons. The molecule has 1 aromatic heterocycles.